The molecule has 1 atom stereocenters. The fraction of sp³-hybridized carbons (Fsp3) is 0.500. The molecule has 17 heavy (non-hydrogen) atoms. The lowest BCUT2D eigenvalue weighted by Gasteiger charge is -2.12. The van der Waals surface area contributed by atoms with E-state index >= 15 is 0 Å². The molecule has 0 fully saturated rings. The molecule has 0 bridgehead atoms. The standard InChI is InChI=1S/C14H20O3/c1-4-17-14(16)6-5-13(15)12-8-10(2)7-11(3)9-12/h7-9,13,15H,4-6H2,1-3H3/t13-/m0/s1. The summed E-state index contributed by atoms with van der Waals surface area (Å²) < 4.78 is 4.83. The minimum absolute atomic E-state index is 0.252. The van der Waals surface area contributed by atoms with E-state index in [1.54, 1.807) is 6.92 Å². The summed E-state index contributed by atoms with van der Waals surface area (Å²) >= 11 is 0. The first-order chi connectivity index (χ1) is 8.02. The summed E-state index contributed by atoms with van der Waals surface area (Å²) in [6.45, 7) is 6.15. The number of hydrogen-bond donors (Lipinski definition) is 1. The van der Waals surface area contributed by atoms with Gasteiger partial charge in [-0.3, -0.25) is 4.79 Å². The minimum Gasteiger partial charge on any atom is -0.466 e. The van der Waals surface area contributed by atoms with Gasteiger partial charge in [0.1, 0.15) is 0 Å². The van der Waals surface area contributed by atoms with Crippen LogP contribution in [0.15, 0.2) is 18.2 Å². The van der Waals surface area contributed by atoms with E-state index in [0.717, 1.165) is 16.7 Å². The Morgan fingerprint density at radius 3 is 2.41 bits per heavy atom. The maximum Gasteiger partial charge on any atom is 0.305 e. The van der Waals surface area contributed by atoms with E-state index in [0.29, 0.717) is 13.0 Å². The van der Waals surface area contributed by atoms with E-state index in [-0.39, 0.29) is 12.4 Å². The zero-order valence-electron chi connectivity index (χ0n) is 10.7. The lowest BCUT2D eigenvalue weighted by molar-refractivity contribution is -0.143. The Morgan fingerprint density at radius 2 is 1.88 bits per heavy atom. The first-order valence-corrected chi connectivity index (χ1v) is 5.94. The van der Waals surface area contributed by atoms with Gasteiger partial charge in [0, 0.05) is 6.42 Å². The number of carbonyl (C=O) groups excluding carboxylic acids is 1. The van der Waals surface area contributed by atoms with Crippen molar-refractivity contribution < 1.29 is 14.6 Å². The maximum absolute atomic E-state index is 11.2. The molecular formula is C14H20O3. The van der Waals surface area contributed by atoms with Crippen LogP contribution in [0.3, 0.4) is 0 Å². The summed E-state index contributed by atoms with van der Waals surface area (Å²) in [4.78, 5) is 11.2. The van der Waals surface area contributed by atoms with Crippen molar-refractivity contribution in [2.24, 2.45) is 0 Å². The Hall–Kier alpha value is -1.35. The number of aliphatic hydroxyl groups excluding tert-OH is 1. The molecule has 0 saturated carbocycles. The van der Waals surface area contributed by atoms with Crippen molar-refractivity contribution in [1.82, 2.24) is 0 Å². The molecule has 3 nitrogen and oxygen atoms in total. The zero-order valence-corrected chi connectivity index (χ0v) is 10.7. The first-order valence-electron chi connectivity index (χ1n) is 5.94. The van der Waals surface area contributed by atoms with Gasteiger partial charge in [-0.15, -0.1) is 0 Å². The van der Waals surface area contributed by atoms with E-state index in [4.69, 9.17) is 4.74 Å². The number of esters is 1. The fourth-order valence-electron chi connectivity index (χ4n) is 1.86. The lowest BCUT2D eigenvalue weighted by atomic mass is 10.0. The van der Waals surface area contributed by atoms with Gasteiger partial charge < -0.3 is 9.84 Å². The van der Waals surface area contributed by atoms with Gasteiger partial charge in [-0.05, 0) is 32.8 Å². The summed E-state index contributed by atoms with van der Waals surface area (Å²) in [5, 5.41) is 9.98. The summed E-state index contributed by atoms with van der Waals surface area (Å²) in [7, 11) is 0. The molecule has 0 amide bonds. The van der Waals surface area contributed by atoms with Gasteiger partial charge in [0.2, 0.25) is 0 Å². The molecule has 0 aliphatic heterocycles. The smallest absolute Gasteiger partial charge is 0.305 e. The van der Waals surface area contributed by atoms with E-state index < -0.39 is 6.10 Å². The Kier molecular flexibility index (Phi) is 5.16. The SMILES string of the molecule is CCOC(=O)CC[C@H](O)c1cc(C)cc(C)c1. The quantitative estimate of drug-likeness (QED) is 0.799. The number of aryl methyl sites for hydroxylation is 2. The number of benzene rings is 1. The molecule has 0 heterocycles. The van der Waals surface area contributed by atoms with Crippen molar-refractivity contribution in [2.45, 2.75) is 39.7 Å². The van der Waals surface area contributed by atoms with Crippen LogP contribution in [0, 0.1) is 13.8 Å². The summed E-state index contributed by atoms with van der Waals surface area (Å²) in [5.41, 5.74) is 3.11. The van der Waals surface area contributed by atoms with Crippen molar-refractivity contribution in [3.05, 3.63) is 34.9 Å². The van der Waals surface area contributed by atoms with Gasteiger partial charge in [-0.1, -0.05) is 29.3 Å². The van der Waals surface area contributed by atoms with Crippen LogP contribution in [-0.4, -0.2) is 17.7 Å². The number of aliphatic hydroxyl groups is 1. The fourth-order valence-corrected chi connectivity index (χ4v) is 1.86. The average Bonchev–Trinajstić information content (AvgIpc) is 2.25. The Balaban J connectivity index is 2.57. The summed E-state index contributed by atoms with van der Waals surface area (Å²) in [5.74, 6) is -0.254. The van der Waals surface area contributed by atoms with Gasteiger partial charge in [0.25, 0.3) is 0 Å². The van der Waals surface area contributed by atoms with E-state index in [1.807, 2.05) is 26.0 Å². The molecule has 1 N–H and O–H groups in total. The average molecular weight is 236 g/mol. The molecule has 0 aromatic heterocycles. The molecule has 1 aromatic rings. The van der Waals surface area contributed by atoms with Crippen LogP contribution in [0.1, 0.15) is 42.6 Å². The molecule has 0 aliphatic carbocycles. The van der Waals surface area contributed by atoms with Crippen molar-refractivity contribution in [2.75, 3.05) is 6.61 Å². The van der Waals surface area contributed by atoms with Crippen molar-refractivity contribution >= 4 is 5.97 Å². The molecule has 1 aromatic carbocycles. The monoisotopic (exact) mass is 236 g/mol. The Bertz CT molecular complexity index is 365. The van der Waals surface area contributed by atoms with Crippen LogP contribution in [-0.2, 0) is 9.53 Å². The number of hydrogen-bond acceptors (Lipinski definition) is 3. The molecule has 94 valence electrons. The van der Waals surface area contributed by atoms with Crippen LogP contribution in [0.2, 0.25) is 0 Å². The highest BCUT2D eigenvalue weighted by molar-refractivity contribution is 5.69. The minimum atomic E-state index is -0.599. The molecule has 0 spiro atoms. The molecule has 3 heteroatoms. The Morgan fingerprint density at radius 1 is 1.29 bits per heavy atom. The highest BCUT2D eigenvalue weighted by Crippen LogP contribution is 2.21. The van der Waals surface area contributed by atoms with Crippen LogP contribution in [0.25, 0.3) is 0 Å². The molecule has 0 saturated heterocycles. The second-order valence-electron chi connectivity index (χ2n) is 4.28. The predicted octanol–water partition coefficient (Wildman–Crippen LogP) is 2.68. The van der Waals surface area contributed by atoms with Crippen molar-refractivity contribution in [3.63, 3.8) is 0 Å². The van der Waals surface area contributed by atoms with Gasteiger partial charge in [0.05, 0.1) is 12.7 Å². The van der Waals surface area contributed by atoms with Crippen LogP contribution in [0.4, 0.5) is 0 Å². The summed E-state index contributed by atoms with van der Waals surface area (Å²) in [6, 6.07) is 5.95. The van der Waals surface area contributed by atoms with E-state index in [9.17, 15) is 9.90 Å². The molecule has 0 aliphatic rings. The molecule has 0 radical (unpaired) electrons. The third-order valence-corrected chi connectivity index (χ3v) is 2.56. The number of rotatable bonds is 5. The third-order valence-electron chi connectivity index (χ3n) is 2.56. The van der Waals surface area contributed by atoms with Crippen LogP contribution < -0.4 is 0 Å². The highest BCUT2D eigenvalue weighted by atomic mass is 16.5. The van der Waals surface area contributed by atoms with Gasteiger partial charge in [0.15, 0.2) is 0 Å². The number of carbonyl (C=O) groups is 1. The highest BCUT2D eigenvalue weighted by Gasteiger charge is 2.11. The van der Waals surface area contributed by atoms with Crippen LogP contribution in [0.5, 0.6) is 0 Å². The Labute approximate surface area is 102 Å². The maximum atomic E-state index is 11.2. The van der Waals surface area contributed by atoms with E-state index in [2.05, 4.69) is 6.07 Å². The van der Waals surface area contributed by atoms with Gasteiger partial charge in [-0.2, -0.15) is 0 Å². The van der Waals surface area contributed by atoms with E-state index in [1.165, 1.54) is 0 Å². The molecular weight excluding hydrogens is 216 g/mol. The number of ether oxygens (including phenoxy) is 1. The summed E-state index contributed by atoms with van der Waals surface area (Å²) in [6.07, 6.45) is 0.0574. The largest absolute Gasteiger partial charge is 0.466 e. The molecule has 1 rings (SSSR count). The lowest BCUT2D eigenvalue weighted by Crippen LogP contribution is -2.07. The topological polar surface area (TPSA) is 46.5 Å². The normalized spacial score (nSPS) is 12.2. The van der Waals surface area contributed by atoms with Gasteiger partial charge >= 0.3 is 5.97 Å². The van der Waals surface area contributed by atoms with Crippen molar-refractivity contribution in [3.8, 4) is 0 Å². The van der Waals surface area contributed by atoms with Crippen molar-refractivity contribution in [1.29, 1.82) is 0 Å². The second-order valence-corrected chi connectivity index (χ2v) is 4.28. The first kappa shape index (κ1) is 13.7. The third kappa shape index (κ3) is 4.57. The molecule has 0 unspecified atom stereocenters. The second kappa shape index (κ2) is 6.40. The van der Waals surface area contributed by atoms with Crippen LogP contribution >= 0.6 is 0 Å². The van der Waals surface area contributed by atoms with Gasteiger partial charge in [-0.25, -0.2) is 0 Å². The zero-order chi connectivity index (χ0) is 12.8. The predicted molar refractivity (Wildman–Crippen MR) is 66.7 cm³/mol.